The van der Waals surface area contributed by atoms with Crippen LogP contribution < -0.4 is 0 Å². The van der Waals surface area contributed by atoms with Crippen LogP contribution in [-0.4, -0.2) is 5.11 Å². The van der Waals surface area contributed by atoms with Crippen molar-refractivity contribution in [2.45, 2.75) is 13.0 Å². The standard InChI is InChI=1S/C18H14ClFO/c1-11-6-7-12-4-2-3-5-14(12)17(11)18(21)15-9-8-13(19)10-16(15)20/h2-10,18,21H,1H3. The van der Waals surface area contributed by atoms with Gasteiger partial charge in [-0.1, -0.05) is 54.1 Å². The Morgan fingerprint density at radius 3 is 2.57 bits per heavy atom. The van der Waals surface area contributed by atoms with Crippen LogP contribution in [0, 0.1) is 12.7 Å². The highest BCUT2D eigenvalue weighted by Crippen LogP contribution is 2.33. The second-order valence-electron chi connectivity index (χ2n) is 5.09. The highest BCUT2D eigenvalue weighted by molar-refractivity contribution is 6.30. The number of rotatable bonds is 2. The van der Waals surface area contributed by atoms with Gasteiger partial charge in [0, 0.05) is 10.6 Å². The Labute approximate surface area is 127 Å². The Balaban J connectivity index is 2.21. The van der Waals surface area contributed by atoms with E-state index in [9.17, 15) is 9.50 Å². The van der Waals surface area contributed by atoms with Gasteiger partial charge in [0.25, 0.3) is 0 Å². The van der Waals surface area contributed by atoms with Gasteiger partial charge in [0.1, 0.15) is 11.9 Å². The number of hydrogen-bond acceptors (Lipinski definition) is 1. The normalized spacial score (nSPS) is 12.6. The highest BCUT2D eigenvalue weighted by Gasteiger charge is 2.19. The van der Waals surface area contributed by atoms with E-state index in [2.05, 4.69) is 0 Å². The first-order chi connectivity index (χ1) is 10.1. The lowest BCUT2D eigenvalue weighted by Crippen LogP contribution is -2.05. The van der Waals surface area contributed by atoms with E-state index in [1.807, 2.05) is 43.3 Å². The second-order valence-corrected chi connectivity index (χ2v) is 5.52. The first-order valence-electron chi connectivity index (χ1n) is 6.69. The van der Waals surface area contributed by atoms with Crippen LogP contribution in [0.1, 0.15) is 22.8 Å². The van der Waals surface area contributed by atoms with Gasteiger partial charge < -0.3 is 5.11 Å². The van der Waals surface area contributed by atoms with Crippen molar-refractivity contribution < 1.29 is 9.50 Å². The van der Waals surface area contributed by atoms with Crippen LogP contribution in [0.25, 0.3) is 10.8 Å². The van der Waals surface area contributed by atoms with Crippen LogP contribution in [0.4, 0.5) is 4.39 Å². The number of benzene rings is 3. The molecule has 0 amide bonds. The van der Waals surface area contributed by atoms with Gasteiger partial charge >= 0.3 is 0 Å². The van der Waals surface area contributed by atoms with Crippen molar-refractivity contribution in [1.29, 1.82) is 0 Å². The molecule has 0 heterocycles. The summed E-state index contributed by atoms with van der Waals surface area (Å²) >= 11 is 5.77. The van der Waals surface area contributed by atoms with Crippen LogP contribution in [0.3, 0.4) is 0 Å². The molecule has 0 saturated heterocycles. The number of hydrogen-bond donors (Lipinski definition) is 1. The molecule has 0 fully saturated rings. The Morgan fingerprint density at radius 1 is 1.05 bits per heavy atom. The molecule has 3 heteroatoms. The van der Waals surface area contributed by atoms with Gasteiger partial charge in [-0.05, 0) is 41.0 Å². The molecule has 0 radical (unpaired) electrons. The first-order valence-corrected chi connectivity index (χ1v) is 7.07. The van der Waals surface area contributed by atoms with Crippen LogP contribution in [0.2, 0.25) is 5.02 Å². The van der Waals surface area contributed by atoms with Crippen LogP contribution in [0.5, 0.6) is 0 Å². The van der Waals surface area contributed by atoms with Crippen molar-refractivity contribution in [3.05, 3.63) is 82.1 Å². The minimum absolute atomic E-state index is 0.235. The average Bonchev–Trinajstić information content (AvgIpc) is 2.46. The first kappa shape index (κ1) is 14.1. The molecule has 0 bridgehead atoms. The van der Waals surface area contributed by atoms with E-state index in [4.69, 9.17) is 11.6 Å². The number of aliphatic hydroxyl groups excluding tert-OH is 1. The lowest BCUT2D eigenvalue weighted by molar-refractivity contribution is 0.216. The smallest absolute Gasteiger partial charge is 0.130 e. The lowest BCUT2D eigenvalue weighted by Gasteiger charge is -2.18. The molecule has 0 aliphatic heterocycles. The summed E-state index contributed by atoms with van der Waals surface area (Å²) in [5, 5.41) is 12.9. The molecular formula is C18H14ClFO. The maximum absolute atomic E-state index is 14.1. The Kier molecular flexibility index (Phi) is 3.66. The average molecular weight is 301 g/mol. The van der Waals surface area contributed by atoms with Gasteiger partial charge in [0.2, 0.25) is 0 Å². The third kappa shape index (κ3) is 2.53. The largest absolute Gasteiger partial charge is 0.384 e. The van der Waals surface area contributed by atoms with Gasteiger partial charge in [0.15, 0.2) is 0 Å². The molecule has 0 aliphatic carbocycles. The van der Waals surface area contributed by atoms with Crippen molar-refractivity contribution in [3.8, 4) is 0 Å². The van der Waals surface area contributed by atoms with Crippen LogP contribution in [-0.2, 0) is 0 Å². The van der Waals surface area contributed by atoms with Gasteiger partial charge in [-0.2, -0.15) is 0 Å². The number of halogens is 2. The maximum atomic E-state index is 14.1. The van der Waals surface area contributed by atoms with Crippen molar-refractivity contribution in [2.24, 2.45) is 0 Å². The molecule has 3 aromatic carbocycles. The summed E-state index contributed by atoms with van der Waals surface area (Å²) in [5.41, 5.74) is 1.89. The molecule has 21 heavy (non-hydrogen) atoms. The minimum Gasteiger partial charge on any atom is -0.384 e. The Hall–Kier alpha value is -1.90. The van der Waals surface area contributed by atoms with E-state index in [1.54, 1.807) is 6.07 Å². The fourth-order valence-electron chi connectivity index (χ4n) is 2.65. The number of aliphatic hydroxyl groups is 1. The summed E-state index contributed by atoms with van der Waals surface area (Å²) in [5.74, 6) is -0.498. The molecule has 1 nitrogen and oxygen atoms in total. The predicted molar refractivity (Wildman–Crippen MR) is 84.2 cm³/mol. The van der Waals surface area contributed by atoms with E-state index < -0.39 is 11.9 Å². The molecule has 0 aromatic heterocycles. The van der Waals surface area contributed by atoms with Crippen molar-refractivity contribution in [2.75, 3.05) is 0 Å². The molecular weight excluding hydrogens is 287 g/mol. The van der Waals surface area contributed by atoms with E-state index in [-0.39, 0.29) is 5.56 Å². The van der Waals surface area contributed by atoms with Gasteiger partial charge in [-0.15, -0.1) is 0 Å². The minimum atomic E-state index is -1.02. The number of aryl methyl sites for hydroxylation is 1. The molecule has 1 atom stereocenters. The molecule has 3 aromatic rings. The van der Waals surface area contributed by atoms with Crippen LogP contribution in [0.15, 0.2) is 54.6 Å². The third-order valence-corrected chi connectivity index (χ3v) is 3.95. The molecule has 106 valence electrons. The number of fused-ring (bicyclic) bond motifs is 1. The second kappa shape index (κ2) is 5.47. The summed E-state index contributed by atoms with van der Waals surface area (Å²) < 4.78 is 14.1. The quantitative estimate of drug-likeness (QED) is 0.704. The summed E-state index contributed by atoms with van der Waals surface area (Å²) in [6.07, 6.45) is -1.02. The Morgan fingerprint density at radius 2 is 1.81 bits per heavy atom. The van der Waals surface area contributed by atoms with Crippen LogP contribution >= 0.6 is 11.6 Å². The monoisotopic (exact) mass is 300 g/mol. The Bertz CT molecular complexity index is 813. The van der Waals surface area contributed by atoms with Crippen molar-refractivity contribution in [3.63, 3.8) is 0 Å². The van der Waals surface area contributed by atoms with E-state index in [1.165, 1.54) is 12.1 Å². The zero-order valence-electron chi connectivity index (χ0n) is 11.5. The zero-order valence-corrected chi connectivity index (χ0v) is 12.2. The highest BCUT2D eigenvalue weighted by atomic mass is 35.5. The van der Waals surface area contributed by atoms with Crippen molar-refractivity contribution >= 4 is 22.4 Å². The van der Waals surface area contributed by atoms with E-state index >= 15 is 0 Å². The lowest BCUT2D eigenvalue weighted by atomic mass is 9.92. The molecule has 1 unspecified atom stereocenters. The maximum Gasteiger partial charge on any atom is 0.130 e. The van der Waals surface area contributed by atoms with E-state index in [0.717, 1.165) is 21.9 Å². The molecule has 0 spiro atoms. The van der Waals surface area contributed by atoms with Gasteiger partial charge in [-0.25, -0.2) is 4.39 Å². The topological polar surface area (TPSA) is 20.2 Å². The fourth-order valence-corrected chi connectivity index (χ4v) is 2.81. The SMILES string of the molecule is Cc1ccc2ccccc2c1C(O)c1ccc(Cl)cc1F. The zero-order chi connectivity index (χ0) is 15.0. The van der Waals surface area contributed by atoms with E-state index in [0.29, 0.717) is 5.02 Å². The predicted octanol–water partition coefficient (Wildman–Crippen LogP) is 5.02. The fraction of sp³-hybridized carbons (Fsp3) is 0.111. The van der Waals surface area contributed by atoms with Crippen molar-refractivity contribution in [1.82, 2.24) is 0 Å². The van der Waals surface area contributed by atoms with Gasteiger partial charge in [0.05, 0.1) is 0 Å². The summed E-state index contributed by atoms with van der Waals surface area (Å²) in [7, 11) is 0. The molecule has 3 rings (SSSR count). The van der Waals surface area contributed by atoms with Gasteiger partial charge in [-0.3, -0.25) is 0 Å². The molecule has 1 N–H and O–H groups in total. The molecule has 0 saturated carbocycles. The summed E-state index contributed by atoms with van der Waals surface area (Å²) in [6.45, 7) is 1.92. The summed E-state index contributed by atoms with van der Waals surface area (Å²) in [4.78, 5) is 0. The molecule has 0 aliphatic rings. The third-order valence-electron chi connectivity index (χ3n) is 3.72. The summed E-state index contributed by atoms with van der Waals surface area (Å²) in [6, 6.07) is 16.0.